The molecule has 2 aliphatic heterocycles. The zero-order valence-corrected chi connectivity index (χ0v) is 15.2. The highest BCUT2D eigenvalue weighted by Crippen LogP contribution is 2.24. The number of hydrogen-bond donors (Lipinski definition) is 1. The summed E-state index contributed by atoms with van der Waals surface area (Å²) in [6.07, 6.45) is 2.74. The van der Waals surface area contributed by atoms with Crippen molar-refractivity contribution in [3.8, 4) is 0 Å². The molecule has 144 valence electrons. The van der Waals surface area contributed by atoms with E-state index in [1.165, 1.54) is 9.58 Å². The number of carbonyl (C=O) groups excluding carboxylic acids is 2. The summed E-state index contributed by atoms with van der Waals surface area (Å²) in [6.45, 7) is 0.274. The lowest BCUT2D eigenvalue weighted by atomic mass is 9.97. The molecule has 2 amide bonds. The molecule has 0 radical (unpaired) electrons. The van der Waals surface area contributed by atoms with Crippen molar-refractivity contribution < 1.29 is 22.4 Å². The molecule has 2 saturated heterocycles. The molecular formula is C16H23FN4O4S. The summed E-state index contributed by atoms with van der Waals surface area (Å²) in [5, 5.41) is 6.71. The molecule has 0 bridgehead atoms. The van der Waals surface area contributed by atoms with Gasteiger partial charge in [0.2, 0.25) is 11.8 Å². The zero-order chi connectivity index (χ0) is 18.7. The van der Waals surface area contributed by atoms with E-state index in [9.17, 15) is 22.4 Å². The summed E-state index contributed by atoms with van der Waals surface area (Å²) in [5.74, 6) is -0.887. The Morgan fingerprint density at radius 3 is 2.62 bits per heavy atom. The van der Waals surface area contributed by atoms with Crippen LogP contribution in [-0.4, -0.2) is 71.7 Å². The fraction of sp³-hybridized carbons (Fsp3) is 0.688. The van der Waals surface area contributed by atoms with Crippen molar-refractivity contribution in [1.29, 1.82) is 0 Å². The fourth-order valence-electron chi connectivity index (χ4n) is 3.53. The number of hydrogen-bond acceptors (Lipinski definition) is 5. The Labute approximate surface area is 151 Å². The van der Waals surface area contributed by atoms with Crippen molar-refractivity contribution in [1.82, 2.24) is 20.0 Å². The van der Waals surface area contributed by atoms with Crippen molar-refractivity contribution in [2.24, 2.45) is 5.92 Å². The quantitative estimate of drug-likeness (QED) is 0.770. The van der Waals surface area contributed by atoms with Gasteiger partial charge >= 0.3 is 0 Å². The van der Waals surface area contributed by atoms with Gasteiger partial charge in [-0.25, -0.2) is 12.8 Å². The summed E-state index contributed by atoms with van der Waals surface area (Å²) < 4.78 is 38.6. The molecule has 0 spiro atoms. The molecule has 0 aromatic carbocycles. The van der Waals surface area contributed by atoms with Crippen LogP contribution in [0.25, 0.3) is 0 Å². The van der Waals surface area contributed by atoms with Gasteiger partial charge in [-0.05, 0) is 18.9 Å². The first-order chi connectivity index (χ1) is 12.3. The number of amides is 2. The van der Waals surface area contributed by atoms with Gasteiger partial charge in [-0.3, -0.25) is 14.3 Å². The standard InChI is InChI=1S/C16H23FN4O4S/c17-13-8-14(19-15(22)11-21-5-1-4-18-21)10-20(9-13)16(23)12-2-6-26(24,25)7-3-12/h1,4-5,12-14H,2-3,6-11H2,(H,19,22)/t13-,14+/m1/s1. The number of nitrogens with one attached hydrogen (secondary N) is 1. The molecule has 3 heterocycles. The van der Waals surface area contributed by atoms with Crippen LogP contribution in [0.15, 0.2) is 18.5 Å². The summed E-state index contributed by atoms with van der Waals surface area (Å²) in [5.41, 5.74) is 0. The molecule has 26 heavy (non-hydrogen) atoms. The van der Waals surface area contributed by atoms with Crippen molar-refractivity contribution in [2.45, 2.75) is 38.0 Å². The second kappa shape index (κ2) is 7.73. The fourth-order valence-corrected chi connectivity index (χ4v) is 5.02. The monoisotopic (exact) mass is 386 g/mol. The molecule has 1 N–H and O–H groups in total. The molecule has 0 unspecified atom stereocenters. The Hall–Kier alpha value is -1.97. The number of carbonyl (C=O) groups is 2. The molecule has 10 heteroatoms. The predicted octanol–water partition coefficient (Wildman–Crippen LogP) is -0.237. The highest BCUT2D eigenvalue weighted by atomic mass is 32.2. The van der Waals surface area contributed by atoms with Crippen LogP contribution in [0.3, 0.4) is 0 Å². The van der Waals surface area contributed by atoms with Gasteiger partial charge in [0.1, 0.15) is 22.6 Å². The van der Waals surface area contributed by atoms with E-state index in [1.54, 1.807) is 18.5 Å². The SMILES string of the molecule is O=C(Cn1cccn1)N[C@H]1C[C@@H](F)CN(C(=O)C2CCS(=O)(=O)CC2)C1. The molecule has 2 atom stereocenters. The number of piperidine rings is 1. The predicted molar refractivity (Wildman–Crippen MR) is 91.6 cm³/mol. The number of sulfone groups is 1. The van der Waals surface area contributed by atoms with Crippen LogP contribution in [0.4, 0.5) is 4.39 Å². The number of rotatable bonds is 4. The topological polar surface area (TPSA) is 101 Å². The van der Waals surface area contributed by atoms with Gasteiger partial charge in [-0.15, -0.1) is 0 Å². The lowest BCUT2D eigenvalue weighted by molar-refractivity contribution is -0.139. The molecule has 2 fully saturated rings. The number of aromatic nitrogens is 2. The first-order valence-electron chi connectivity index (χ1n) is 8.72. The molecule has 2 aliphatic rings. The van der Waals surface area contributed by atoms with Crippen LogP contribution in [0.5, 0.6) is 0 Å². The van der Waals surface area contributed by atoms with E-state index in [2.05, 4.69) is 10.4 Å². The van der Waals surface area contributed by atoms with Gasteiger partial charge in [0.15, 0.2) is 0 Å². The molecule has 8 nitrogen and oxygen atoms in total. The van der Waals surface area contributed by atoms with Crippen molar-refractivity contribution in [3.05, 3.63) is 18.5 Å². The lowest BCUT2D eigenvalue weighted by Crippen LogP contribution is -2.55. The minimum atomic E-state index is -3.05. The van der Waals surface area contributed by atoms with E-state index in [0.717, 1.165) is 0 Å². The summed E-state index contributed by atoms with van der Waals surface area (Å²) >= 11 is 0. The molecule has 1 aromatic heterocycles. The van der Waals surface area contributed by atoms with Crippen LogP contribution in [0.1, 0.15) is 19.3 Å². The van der Waals surface area contributed by atoms with Crippen LogP contribution in [0, 0.1) is 5.92 Å². The minimum absolute atomic E-state index is 0.000332. The largest absolute Gasteiger partial charge is 0.350 e. The third kappa shape index (κ3) is 4.80. The van der Waals surface area contributed by atoms with Gasteiger partial charge < -0.3 is 10.2 Å². The van der Waals surface area contributed by atoms with Gasteiger partial charge in [0.25, 0.3) is 0 Å². The van der Waals surface area contributed by atoms with Gasteiger partial charge in [0.05, 0.1) is 18.1 Å². The van der Waals surface area contributed by atoms with E-state index in [0.29, 0.717) is 0 Å². The second-order valence-corrected chi connectivity index (χ2v) is 9.27. The molecule has 0 saturated carbocycles. The Morgan fingerprint density at radius 1 is 1.23 bits per heavy atom. The van der Waals surface area contributed by atoms with E-state index >= 15 is 0 Å². The average molecular weight is 386 g/mol. The lowest BCUT2D eigenvalue weighted by Gasteiger charge is -2.37. The molecule has 1 aromatic rings. The molecular weight excluding hydrogens is 363 g/mol. The minimum Gasteiger partial charge on any atom is -0.350 e. The molecule has 0 aliphatic carbocycles. The second-order valence-electron chi connectivity index (χ2n) is 6.97. The summed E-state index contributed by atoms with van der Waals surface area (Å²) in [4.78, 5) is 26.1. The van der Waals surface area contributed by atoms with Crippen LogP contribution >= 0.6 is 0 Å². The maximum Gasteiger partial charge on any atom is 0.242 e. The first-order valence-corrected chi connectivity index (χ1v) is 10.5. The van der Waals surface area contributed by atoms with Gasteiger partial charge in [-0.2, -0.15) is 5.10 Å². The van der Waals surface area contributed by atoms with E-state index in [-0.39, 0.29) is 68.1 Å². The highest BCUT2D eigenvalue weighted by Gasteiger charge is 2.36. The first kappa shape index (κ1) is 18.8. The maximum absolute atomic E-state index is 14.1. The summed E-state index contributed by atoms with van der Waals surface area (Å²) in [6, 6.07) is 1.24. The smallest absolute Gasteiger partial charge is 0.242 e. The highest BCUT2D eigenvalue weighted by molar-refractivity contribution is 7.91. The van der Waals surface area contributed by atoms with E-state index in [4.69, 9.17) is 0 Å². The average Bonchev–Trinajstić information content (AvgIpc) is 3.06. The van der Waals surface area contributed by atoms with Gasteiger partial charge in [0, 0.05) is 37.3 Å². The third-order valence-electron chi connectivity index (χ3n) is 4.84. The number of likely N-dealkylation sites (tertiary alicyclic amines) is 1. The van der Waals surface area contributed by atoms with Gasteiger partial charge in [-0.1, -0.05) is 0 Å². The van der Waals surface area contributed by atoms with Crippen LogP contribution in [0.2, 0.25) is 0 Å². The number of alkyl halides is 1. The Morgan fingerprint density at radius 2 is 1.96 bits per heavy atom. The van der Waals surface area contributed by atoms with Crippen molar-refractivity contribution >= 4 is 21.7 Å². The van der Waals surface area contributed by atoms with E-state index < -0.39 is 22.1 Å². The Kier molecular flexibility index (Phi) is 5.59. The molecule has 3 rings (SSSR count). The normalized spacial score (nSPS) is 26.4. The van der Waals surface area contributed by atoms with Crippen molar-refractivity contribution in [2.75, 3.05) is 24.6 Å². The summed E-state index contributed by atoms with van der Waals surface area (Å²) in [7, 11) is -3.05. The number of nitrogens with zero attached hydrogens (tertiary/aromatic N) is 3. The zero-order valence-electron chi connectivity index (χ0n) is 14.4. The maximum atomic E-state index is 14.1. The Bertz CT molecular complexity index is 738. The third-order valence-corrected chi connectivity index (χ3v) is 6.56. The van der Waals surface area contributed by atoms with Crippen LogP contribution in [-0.2, 0) is 26.0 Å². The van der Waals surface area contributed by atoms with E-state index in [1.807, 2.05) is 0 Å². The Balaban J connectivity index is 1.55. The van der Waals surface area contributed by atoms with Crippen molar-refractivity contribution in [3.63, 3.8) is 0 Å². The van der Waals surface area contributed by atoms with Crippen LogP contribution < -0.4 is 5.32 Å². The number of halogens is 1.